The van der Waals surface area contributed by atoms with E-state index in [-0.39, 0.29) is 0 Å². The number of carboxylic acid groups (broad SMARTS) is 1. The maximum absolute atomic E-state index is 11.5. The maximum Gasteiger partial charge on any atom is 0.310 e. The second-order valence-corrected chi connectivity index (χ2v) is 7.05. The fourth-order valence-electron chi connectivity index (χ4n) is 3.17. The molecule has 0 unspecified atom stereocenters. The predicted molar refractivity (Wildman–Crippen MR) is 67.9 cm³/mol. The van der Waals surface area contributed by atoms with E-state index in [0.717, 1.165) is 51.2 Å². The molecule has 0 aromatic rings. The number of aliphatic carboxylic acids is 1. The first-order chi connectivity index (χ1) is 7.83. The topological polar surface area (TPSA) is 40.5 Å². The van der Waals surface area contributed by atoms with Gasteiger partial charge in [0.05, 0.1) is 5.41 Å². The average molecular weight is 239 g/mol. The normalized spacial score (nSPS) is 25.8. The Hall–Kier alpha value is -0.570. The van der Waals surface area contributed by atoms with Crippen LogP contribution < -0.4 is 0 Å². The van der Waals surface area contributed by atoms with Gasteiger partial charge in [-0.15, -0.1) is 0 Å². The minimum absolute atomic E-state index is 0.364. The largest absolute Gasteiger partial charge is 0.481 e. The molecule has 0 amide bonds. The fraction of sp³-hybridized carbons (Fsp3) is 0.929. The van der Waals surface area contributed by atoms with Crippen molar-refractivity contribution in [2.75, 3.05) is 19.6 Å². The molecule has 1 saturated heterocycles. The van der Waals surface area contributed by atoms with Gasteiger partial charge in [-0.05, 0) is 24.2 Å². The molecule has 0 radical (unpaired) electrons. The summed E-state index contributed by atoms with van der Waals surface area (Å²) in [6.07, 6.45) is 3.92. The molecule has 1 N–H and O–H groups in total. The summed E-state index contributed by atoms with van der Waals surface area (Å²) in [7, 11) is 0. The van der Waals surface area contributed by atoms with E-state index in [1.165, 1.54) is 0 Å². The van der Waals surface area contributed by atoms with Crippen molar-refractivity contribution in [1.29, 1.82) is 0 Å². The third-order valence-corrected chi connectivity index (χ3v) is 4.72. The highest BCUT2D eigenvalue weighted by Gasteiger charge is 2.46. The molecule has 1 heterocycles. The molecule has 2 rings (SSSR count). The molecule has 3 heteroatoms. The zero-order chi connectivity index (χ0) is 12.7. The van der Waals surface area contributed by atoms with E-state index < -0.39 is 11.4 Å². The highest BCUT2D eigenvalue weighted by Crippen LogP contribution is 2.42. The third kappa shape index (κ3) is 2.49. The van der Waals surface area contributed by atoms with Crippen LogP contribution in [0.1, 0.15) is 46.5 Å². The van der Waals surface area contributed by atoms with Gasteiger partial charge in [-0.2, -0.15) is 0 Å². The van der Waals surface area contributed by atoms with Crippen molar-refractivity contribution < 1.29 is 9.90 Å². The Morgan fingerprint density at radius 1 is 1.29 bits per heavy atom. The number of carboxylic acids is 1. The van der Waals surface area contributed by atoms with Crippen molar-refractivity contribution >= 4 is 5.97 Å². The van der Waals surface area contributed by atoms with Crippen LogP contribution in [0.4, 0.5) is 0 Å². The predicted octanol–water partition coefficient (Wildman–Crippen LogP) is 2.61. The van der Waals surface area contributed by atoms with Crippen LogP contribution in [0.2, 0.25) is 0 Å². The molecule has 98 valence electrons. The first-order valence-corrected chi connectivity index (χ1v) is 6.79. The minimum Gasteiger partial charge on any atom is -0.481 e. The summed E-state index contributed by atoms with van der Waals surface area (Å²) in [6, 6.07) is 0. The number of likely N-dealkylation sites (tertiary alicyclic amines) is 1. The first kappa shape index (κ1) is 12.9. The lowest BCUT2D eigenvalue weighted by Gasteiger charge is -2.48. The van der Waals surface area contributed by atoms with Gasteiger partial charge in [-0.25, -0.2) is 0 Å². The Bertz CT molecular complexity index is 294. The van der Waals surface area contributed by atoms with Crippen LogP contribution in [0.15, 0.2) is 0 Å². The van der Waals surface area contributed by atoms with Crippen LogP contribution in [0.3, 0.4) is 0 Å². The second-order valence-electron chi connectivity index (χ2n) is 7.05. The van der Waals surface area contributed by atoms with E-state index in [9.17, 15) is 9.90 Å². The molecule has 0 aromatic heterocycles. The molecule has 0 aromatic carbocycles. The van der Waals surface area contributed by atoms with Gasteiger partial charge in [0.25, 0.3) is 0 Å². The van der Waals surface area contributed by atoms with Crippen LogP contribution in [0.25, 0.3) is 0 Å². The number of carbonyl (C=O) groups is 1. The number of hydrogen-bond acceptors (Lipinski definition) is 2. The van der Waals surface area contributed by atoms with Gasteiger partial charge >= 0.3 is 5.97 Å². The number of nitrogens with zero attached hydrogens (tertiary/aromatic N) is 1. The summed E-state index contributed by atoms with van der Waals surface area (Å²) in [4.78, 5) is 13.8. The van der Waals surface area contributed by atoms with Crippen LogP contribution in [-0.2, 0) is 4.79 Å². The van der Waals surface area contributed by atoms with Crippen molar-refractivity contribution in [2.45, 2.75) is 46.5 Å². The molecule has 1 aliphatic carbocycles. The highest BCUT2D eigenvalue weighted by molar-refractivity contribution is 5.75. The van der Waals surface area contributed by atoms with Gasteiger partial charge in [0.1, 0.15) is 0 Å². The van der Waals surface area contributed by atoms with E-state index in [0.29, 0.717) is 5.41 Å². The third-order valence-electron chi connectivity index (χ3n) is 4.72. The SMILES string of the molecule is CC(C)(C)C1CN(CC2(C(=O)O)CCCC2)C1. The lowest BCUT2D eigenvalue weighted by Crippen LogP contribution is -2.56. The van der Waals surface area contributed by atoms with Gasteiger partial charge in [0, 0.05) is 19.6 Å². The van der Waals surface area contributed by atoms with Crippen molar-refractivity contribution in [3.05, 3.63) is 0 Å². The zero-order valence-electron chi connectivity index (χ0n) is 11.3. The summed E-state index contributed by atoms with van der Waals surface area (Å²) >= 11 is 0. The Labute approximate surface area is 104 Å². The molecule has 2 aliphatic rings. The van der Waals surface area contributed by atoms with Crippen molar-refractivity contribution in [2.24, 2.45) is 16.7 Å². The number of hydrogen-bond donors (Lipinski definition) is 1. The van der Waals surface area contributed by atoms with Crippen molar-refractivity contribution in [1.82, 2.24) is 4.90 Å². The molecular formula is C14H25NO2. The van der Waals surface area contributed by atoms with Crippen molar-refractivity contribution in [3.63, 3.8) is 0 Å². The molecule has 1 saturated carbocycles. The molecular weight excluding hydrogens is 214 g/mol. The summed E-state index contributed by atoms with van der Waals surface area (Å²) in [6.45, 7) is 9.76. The van der Waals surface area contributed by atoms with Crippen LogP contribution in [-0.4, -0.2) is 35.6 Å². The van der Waals surface area contributed by atoms with E-state index in [1.54, 1.807) is 0 Å². The molecule has 0 atom stereocenters. The van der Waals surface area contributed by atoms with Crippen LogP contribution >= 0.6 is 0 Å². The van der Waals surface area contributed by atoms with E-state index >= 15 is 0 Å². The molecule has 0 spiro atoms. The Kier molecular flexibility index (Phi) is 3.23. The smallest absolute Gasteiger partial charge is 0.310 e. The van der Waals surface area contributed by atoms with E-state index in [2.05, 4.69) is 25.7 Å². The van der Waals surface area contributed by atoms with Gasteiger partial charge in [-0.3, -0.25) is 4.79 Å². The zero-order valence-corrected chi connectivity index (χ0v) is 11.3. The Morgan fingerprint density at radius 3 is 2.24 bits per heavy atom. The standard InChI is InChI=1S/C14H25NO2/c1-13(2,3)11-8-15(9-11)10-14(12(16)17)6-4-5-7-14/h11H,4-10H2,1-3H3,(H,16,17). The monoisotopic (exact) mass is 239 g/mol. The fourth-order valence-corrected chi connectivity index (χ4v) is 3.17. The lowest BCUT2D eigenvalue weighted by molar-refractivity contribution is -0.151. The molecule has 2 fully saturated rings. The summed E-state index contributed by atoms with van der Waals surface area (Å²) in [5, 5.41) is 9.43. The quantitative estimate of drug-likeness (QED) is 0.823. The molecule has 3 nitrogen and oxygen atoms in total. The van der Waals surface area contributed by atoms with Crippen LogP contribution in [0.5, 0.6) is 0 Å². The minimum atomic E-state index is -0.575. The van der Waals surface area contributed by atoms with Gasteiger partial charge in [0.15, 0.2) is 0 Å². The highest BCUT2D eigenvalue weighted by atomic mass is 16.4. The van der Waals surface area contributed by atoms with Gasteiger partial charge in [0.2, 0.25) is 0 Å². The summed E-state index contributed by atoms with van der Waals surface area (Å²) < 4.78 is 0. The number of rotatable bonds is 3. The van der Waals surface area contributed by atoms with Crippen molar-refractivity contribution in [3.8, 4) is 0 Å². The van der Waals surface area contributed by atoms with Crippen LogP contribution in [0, 0.1) is 16.7 Å². The second kappa shape index (κ2) is 4.27. The first-order valence-electron chi connectivity index (χ1n) is 6.79. The summed E-state index contributed by atoms with van der Waals surface area (Å²) in [5.74, 6) is 0.156. The summed E-state index contributed by atoms with van der Waals surface area (Å²) in [5.41, 5.74) is -0.0641. The molecule has 17 heavy (non-hydrogen) atoms. The Morgan fingerprint density at radius 2 is 1.82 bits per heavy atom. The average Bonchev–Trinajstić information content (AvgIpc) is 2.58. The maximum atomic E-state index is 11.5. The van der Waals surface area contributed by atoms with Gasteiger partial charge < -0.3 is 10.0 Å². The Balaban J connectivity index is 1.88. The molecule has 1 aliphatic heterocycles. The lowest BCUT2D eigenvalue weighted by atomic mass is 9.74. The van der Waals surface area contributed by atoms with Gasteiger partial charge in [-0.1, -0.05) is 33.6 Å². The molecule has 0 bridgehead atoms. The van der Waals surface area contributed by atoms with E-state index in [4.69, 9.17) is 0 Å². The van der Waals surface area contributed by atoms with E-state index in [1.807, 2.05) is 0 Å².